The summed E-state index contributed by atoms with van der Waals surface area (Å²) in [5.74, 6) is 0. The normalized spacial score (nSPS) is 17.1. The Morgan fingerprint density at radius 2 is 1.85 bits per heavy atom. The molecule has 0 aromatic heterocycles. The van der Waals surface area contributed by atoms with Gasteiger partial charge in [-0.15, -0.1) is 0 Å². The van der Waals surface area contributed by atoms with E-state index in [1.807, 2.05) is 19.0 Å². The summed E-state index contributed by atoms with van der Waals surface area (Å²) in [6, 6.07) is 1.34. The quantitative estimate of drug-likeness (QED) is 0.750. The Labute approximate surface area is 124 Å². The van der Waals surface area contributed by atoms with E-state index in [0.29, 0.717) is 12.1 Å². The third-order valence-corrected chi connectivity index (χ3v) is 4.15. The second kappa shape index (κ2) is 8.47. The SMILES string of the molecule is CC(C)N(C)CCCNC1CCN(C(=O)N(C)C)CC1. The smallest absolute Gasteiger partial charge is 0.319 e. The number of hydrogen-bond donors (Lipinski definition) is 1. The first-order valence-electron chi connectivity index (χ1n) is 7.81. The maximum absolute atomic E-state index is 11.8. The van der Waals surface area contributed by atoms with E-state index in [2.05, 4.69) is 31.1 Å². The van der Waals surface area contributed by atoms with Gasteiger partial charge in [-0.25, -0.2) is 4.79 Å². The average molecular weight is 284 g/mol. The van der Waals surface area contributed by atoms with Gasteiger partial charge in [0.1, 0.15) is 0 Å². The minimum atomic E-state index is 0.141. The Kier molecular flexibility index (Phi) is 7.30. The van der Waals surface area contributed by atoms with Crippen molar-refractivity contribution in [1.29, 1.82) is 0 Å². The number of amides is 2. The van der Waals surface area contributed by atoms with E-state index in [1.54, 1.807) is 4.90 Å². The zero-order chi connectivity index (χ0) is 15.1. The van der Waals surface area contributed by atoms with Crippen molar-refractivity contribution in [2.75, 3.05) is 47.3 Å². The van der Waals surface area contributed by atoms with Crippen LogP contribution >= 0.6 is 0 Å². The van der Waals surface area contributed by atoms with Crippen LogP contribution in [-0.2, 0) is 0 Å². The second-order valence-electron chi connectivity index (χ2n) is 6.32. The number of nitrogens with zero attached hydrogens (tertiary/aromatic N) is 3. The van der Waals surface area contributed by atoms with E-state index in [1.165, 1.54) is 6.42 Å². The Balaban J connectivity index is 2.12. The molecule has 0 unspecified atom stereocenters. The van der Waals surface area contributed by atoms with Crippen molar-refractivity contribution in [2.24, 2.45) is 0 Å². The summed E-state index contributed by atoms with van der Waals surface area (Å²) in [5, 5.41) is 3.63. The molecule has 1 N–H and O–H groups in total. The highest BCUT2D eigenvalue weighted by atomic mass is 16.2. The van der Waals surface area contributed by atoms with Gasteiger partial charge in [-0.05, 0) is 53.2 Å². The Bertz CT molecular complexity index is 286. The van der Waals surface area contributed by atoms with Crippen LogP contribution < -0.4 is 5.32 Å². The van der Waals surface area contributed by atoms with Crippen molar-refractivity contribution in [2.45, 2.75) is 45.2 Å². The minimum Gasteiger partial charge on any atom is -0.331 e. The van der Waals surface area contributed by atoms with E-state index in [9.17, 15) is 4.79 Å². The molecule has 0 aromatic carbocycles. The lowest BCUT2D eigenvalue weighted by Gasteiger charge is -2.34. The molecule has 0 aromatic rings. The van der Waals surface area contributed by atoms with Crippen molar-refractivity contribution in [3.8, 4) is 0 Å². The van der Waals surface area contributed by atoms with E-state index < -0.39 is 0 Å². The first-order valence-corrected chi connectivity index (χ1v) is 7.81. The van der Waals surface area contributed by atoms with E-state index in [0.717, 1.165) is 39.0 Å². The number of likely N-dealkylation sites (tertiary alicyclic amines) is 1. The van der Waals surface area contributed by atoms with Gasteiger partial charge >= 0.3 is 6.03 Å². The molecule has 1 rings (SSSR count). The van der Waals surface area contributed by atoms with Gasteiger partial charge in [-0.3, -0.25) is 0 Å². The van der Waals surface area contributed by atoms with Crippen LogP contribution in [-0.4, -0.2) is 80.1 Å². The zero-order valence-corrected chi connectivity index (χ0v) is 13.9. The molecular weight excluding hydrogens is 252 g/mol. The first kappa shape index (κ1) is 17.2. The highest BCUT2D eigenvalue weighted by molar-refractivity contribution is 5.73. The van der Waals surface area contributed by atoms with Crippen LogP contribution in [0.15, 0.2) is 0 Å². The minimum absolute atomic E-state index is 0.141. The van der Waals surface area contributed by atoms with Crippen LogP contribution in [0.5, 0.6) is 0 Å². The first-order chi connectivity index (χ1) is 9.41. The molecule has 1 fully saturated rings. The standard InChI is InChI=1S/C15H32N4O/c1-13(2)18(5)10-6-9-16-14-7-11-19(12-8-14)15(20)17(3)4/h13-14,16H,6-12H2,1-5H3. The lowest BCUT2D eigenvalue weighted by atomic mass is 10.1. The number of urea groups is 1. The molecule has 0 saturated carbocycles. The van der Waals surface area contributed by atoms with Gasteiger partial charge in [0.05, 0.1) is 0 Å². The maximum atomic E-state index is 11.8. The molecule has 1 aliphatic rings. The summed E-state index contributed by atoms with van der Waals surface area (Å²) in [6.07, 6.45) is 3.32. The van der Waals surface area contributed by atoms with Gasteiger partial charge in [0, 0.05) is 39.3 Å². The van der Waals surface area contributed by atoms with Gasteiger partial charge < -0.3 is 20.0 Å². The molecule has 1 heterocycles. The van der Waals surface area contributed by atoms with Crippen LogP contribution in [0.4, 0.5) is 4.79 Å². The van der Waals surface area contributed by atoms with Crippen LogP contribution in [0.2, 0.25) is 0 Å². The summed E-state index contributed by atoms with van der Waals surface area (Å²) in [4.78, 5) is 17.8. The number of nitrogens with one attached hydrogen (secondary N) is 1. The third-order valence-electron chi connectivity index (χ3n) is 4.15. The molecule has 1 saturated heterocycles. The predicted octanol–water partition coefficient (Wildman–Crippen LogP) is 1.45. The summed E-state index contributed by atoms with van der Waals surface area (Å²) >= 11 is 0. The summed E-state index contributed by atoms with van der Waals surface area (Å²) < 4.78 is 0. The summed E-state index contributed by atoms with van der Waals surface area (Å²) in [5.41, 5.74) is 0. The van der Waals surface area contributed by atoms with Crippen molar-refractivity contribution < 1.29 is 4.79 Å². The monoisotopic (exact) mass is 284 g/mol. The summed E-state index contributed by atoms with van der Waals surface area (Å²) in [6.45, 7) is 8.42. The third kappa shape index (κ3) is 5.67. The Morgan fingerprint density at radius 1 is 1.25 bits per heavy atom. The van der Waals surface area contributed by atoms with Crippen LogP contribution in [0, 0.1) is 0 Å². The number of hydrogen-bond acceptors (Lipinski definition) is 3. The maximum Gasteiger partial charge on any atom is 0.319 e. The molecule has 118 valence electrons. The zero-order valence-electron chi connectivity index (χ0n) is 13.9. The van der Waals surface area contributed by atoms with Crippen LogP contribution in [0.25, 0.3) is 0 Å². The van der Waals surface area contributed by atoms with Crippen LogP contribution in [0.3, 0.4) is 0 Å². The fourth-order valence-electron chi connectivity index (χ4n) is 2.45. The fourth-order valence-corrected chi connectivity index (χ4v) is 2.45. The molecule has 5 nitrogen and oxygen atoms in total. The fraction of sp³-hybridized carbons (Fsp3) is 0.933. The van der Waals surface area contributed by atoms with Gasteiger partial charge in [0.15, 0.2) is 0 Å². The van der Waals surface area contributed by atoms with Crippen LogP contribution in [0.1, 0.15) is 33.1 Å². The lowest BCUT2D eigenvalue weighted by Crippen LogP contribution is -2.48. The van der Waals surface area contributed by atoms with Gasteiger partial charge in [-0.1, -0.05) is 0 Å². The summed E-state index contributed by atoms with van der Waals surface area (Å²) in [7, 11) is 5.81. The Morgan fingerprint density at radius 3 is 2.35 bits per heavy atom. The van der Waals surface area contributed by atoms with Gasteiger partial charge in [-0.2, -0.15) is 0 Å². The number of carbonyl (C=O) groups is 1. The second-order valence-corrected chi connectivity index (χ2v) is 6.32. The van der Waals surface area contributed by atoms with Gasteiger partial charge in [0.2, 0.25) is 0 Å². The molecule has 0 aliphatic carbocycles. The molecule has 0 atom stereocenters. The number of piperidine rings is 1. The van der Waals surface area contributed by atoms with E-state index in [-0.39, 0.29) is 6.03 Å². The predicted molar refractivity (Wildman–Crippen MR) is 84.1 cm³/mol. The van der Waals surface area contributed by atoms with Crippen molar-refractivity contribution in [3.63, 3.8) is 0 Å². The molecule has 20 heavy (non-hydrogen) atoms. The number of carbonyl (C=O) groups excluding carboxylic acids is 1. The van der Waals surface area contributed by atoms with E-state index in [4.69, 9.17) is 0 Å². The van der Waals surface area contributed by atoms with Crippen molar-refractivity contribution in [1.82, 2.24) is 20.0 Å². The highest BCUT2D eigenvalue weighted by Crippen LogP contribution is 2.11. The molecule has 0 bridgehead atoms. The van der Waals surface area contributed by atoms with Crippen molar-refractivity contribution in [3.05, 3.63) is 0 Å². The molecule has 0 radical (unpaired) electrons. The topological polar surface area (TPSA) is 38.8 Å². The highest BCUT2D eigenvalue weighted by Gasteiger charge is 2.23. The van der Waals surface area contributed by atoms with Gasteiger partial charge in [0.25, 0.3) is 0 Å². The average Bonchev–Trinajstić information content (AvgIpc) is 2.43. The molecule has 2 amide bonds. The van der Waals surface area contributed by atoms with E-state index >= 15 is 0 Å². The molecular formula is C15H32N4O. The molecule has 5 heteroatoms. The van der Waals surface area contributed by atoms with Crippen molar-refractivity contribution >= 4 is 6.03 Å². The molecule has 1 aliphatic heterocycles. The number of rotatable bonds is 6. The molecule has 0 spiro atoms. The largest absolute Gasteiger partial charge is 0.331 e. The lowest BCUT2D eigenvalue weighted by molar-refractivity contribution is 0.152. The Hall–Kier alpha value is -0.810.